The van der Waals surface area contributed by atoms with Crippen LogP contribution < -0.4 is 5.73 Å². The van der Waals surface area contributed by atoms with Gasteiger partial charge < -0.3 is 15.7 Å². The number of fused-ring (bicyclic) bond motifs is 1. The number of carbonyl (C=O) groups excluding carboxylic acids is 1. The van der Waals surface area contributed by atoms with Crippen molar-refractivity contribution in [1.82, 2.24) is 4.90 Å². The number of nitrogens with two attached hydrogens (primary N) is 1. The highest BCUT2D eigenvalue weighted by Crippen LogP contribution is 2.39. The molecule has 0 radical (unpaired) electrons. The lowest BCUT2D eigenvalue weighted by molar-refractivity contribution is -0.161. The fraction of sp³-hybridized carbons (Fsp3) is 0.867. The minimum absolute atomic E-state index is 0.0699. The summed E-state index contributed by atoms with van der Waals surface area (Å²) in [5.41, 5.74) is 5.13. The largest absolute Gasteiger partial charge is 0.480 e. The zero-order chi connectivity index (χ0) is 14.9. The molecular formula is C15H26N2O3. The van der Waals surface area contributed by atoms with E-state index in [0.717, 1.165) is 25.7 Å². The van der Waals surface area contributed by atoms with Crippen molar-refractivity contribution in [2.24, 2.45) is 11.7 Å². The van der Waals surface area contributed by atoms with Crippen molar-refractivity contribution in [2.75, 3.05) is 0 Å². The molecule has 5 heteroatoms. The van der Waals surface area contributed by atoms with Gasteiger partial charge in [0.05, 0.1) is 5.54 Å². The fourth-order valence-corrected chi connectivity index (χ4v) is 3.61. The molecule has 1 aliphatic heterocycles. The predicted octanol–water partition coefficient (Wildman–Crippen LogP) is 1.75. The predicted molar refractivity (Wildman–Crippen MR) is 76.1 cm³/mol. The highest BCUT2D eigenvalue weighted by atomic mass is 16.4. The van der Waals surface area contributed by atoms with Gasteiger partial charge in [-0.2, -0.15) is 0 Å². The number of aliphatic carboxylic acids is 1. The van der Waals surface area contributed by atoms with Crippen molar-refractivity contribution < 1.29 is 14.7 Å². The van der Waals surface area contributed by atoms with Crippen molar-refractivity contribution in [3.05, 3.63) is 0 Å². The normalized spacial score (nSPS) is 33.1. The van der Waals surface area contributed by atoms with Gasteiger partial charge in [0.15, 0.2) is 0 Å². The van der Waals surface area contributed by atoms with Crippen molar-refractivity contribution in [3.8, 4) is 0 Å². The number of carbonyl (C=O) groups is 2. The summed E-state index contributed by atoms with van der Waals surface area (Å²) >= 11 is 0. The van der Waals surface area contributed by atoms with Crippen LogP contribution in [-0.2, 0) is 9.59 Å². The molecule has 0 aromatic heterocycles. The molecule has 114 valence electrons. The Morgan fingerprint density at radius 1 is 1.25 bits per heavy atom. The van der Waals surface area contributed by atoms with Gasteiger partial charge >= 0.3 is 5.97 Å². The van der Waals surface area contributed by atoms with Crippen LogP contribution in [0.1, 0.15) is 58.8 Å². The van der Waals surface area contributed by atoms with Crippen LogP contribution in [0, 0.1) is 5.92 Å². The van der Waals surface area contributed by atoms with E-state index in [4.69, 9.17) is 5.73 Å². The molecule has 0 aromatic carbocycles. The van der Waals surface area contributed by atoms with Crippen molar-refractivity contribution in [2.45, 2.75) is 76.4 Å². The van der Waals surface area contributed by atoms with E-state index in [0.29, 0.717) is 18.8 Å². The van der Waals surface area contributed by atoms with Gasteiger partial charge in [0.25, 0.3) is 0 Å². The van der Waals surface area contributed by atoms with Gasteiger partial charge in [-0.15, -0.1) is 0 Å². The Morgan fingerprint density at radius 2 is 1.90 bits per heavy atom. The molecule has 5 nitrogen and oxygen atoms in total. The van der Waals surface area contributed by atoms with Gasteiger partial charge in [-0.1, -0.05) is 19.8 Å². The van der Waals surface area contributed by atoms with E-state index in [1.807, 2.05) is 6.92 Å². The zero-order valence-electron chi connectivity index (χ0n) is 12.5. The number of carboxylic acids is 1. The fourth-order valence-electron chi connectivity index (χ4n) is 3.61. The lowest BCUT2D eigenvalue weighted by Crippen LogP contribution is -2.64. The zero-order valence-corrected chi connectivity index (χ0v) is 12.5. The molecule has 2 fully saturated rings. The highest BCUT2D eigenvalue weighted by molar-refractivity contribution is 5.90. The molecule has 0 bridgehead atoms. The number of amides is 1. The maximum Gasteiger partial charge on any atom is 0.326 e. The van der Waals surface area contributed by atoms with Gasteiger partial charge in [-0.25, -0.2) is 4.79 Å². The summed E-state index contributed by atoms with van der Waals surface area (Å²) in [6, 6.07) is -0.628. The second kappa shape index (κ2) is 5.72. The van der Waals surface area contributed by atoms with Crippen LogP contribution in [-0.4, -0.2) is 39.5 Å². The SMILES string of the molecule is CCC(C)(N)C(=O)N1C(C(=O)O)CCC2CCCCC21. The van der Waals surface area contributed by atoms with Crippen LogP contribution in [0.25, 0.3) is 0 Å². The lowest BCUT2D eigenvalue weighted by atomic mass is 9.75. The Hall–Kier alpha value is -1.10. The number of carboxylic acid groups (broad SMARTS) is 1. The monoisotopic (exact) mass is 282 g/mol. The van der Waals surface area contributed by atoms with E-state index >= 15 is 0 Å². The maximum atomic E-state index is 12.8. The van der Waals surface area contributed by atoms with Gasteiger partial charge in [-0.05, 0) is 44.9 Å². The Kier molecular flexibility index (Phi) is 4.37. The third-order valence-electron chi connectivity index (χ3n) is 5.12. The number of likely N-dealkylation sites (tertiary alicyclic amines) is 1. The molecule has 3 N–H and O–H groups in total. The number of nitrogens with zero attached hydrogens (tertiary/aromatic N) is 1. The summed E-state index contributed by atoms with van der Waals surface area (Å²) in [7, 11) is 0. The van der Waals surface area contributed by atoms with Crippen LogP contribution in [0.2, 0.25) is 0 Å². The molecule has 2 rings (SSSR count). The number of hydrogen-bond donors (Lipinski definition) is 2. The molecule has 1 saturated carbocycles. The molecule has 2 aliphatic rings. The minimum Gasteiger partial charge on any atom is -0.480 e. The first-order valence-corrected chi connectivity index (χ1v) is 7.73. The molecule has 1 aliphatic carbocycles. The molecule has 0 spiro atoms. The van der Waals surface area contributed by atoms with Crippen LogP contribution >= 0.6 is 0 Å². The second-order valence-electron chi connectivity index (χ2n) is 6.53. The van der Waals surface area contributed by atoms with Crippen LogP contribution in [0.3, 0.4) is 0 Å². The third kappa shape index (κ3) is 2.68. The van der Waals surface area contributed by atoms with E-state index in [-0.39, 0.29) is 11.9 Å². The Bertz CT molecular complexity index is 395. The molecule has 4 atom stereocenters. The smallest absolute Gasteiger partial charge is 0.326 e. The van der Waals surface area contributed by atoms with Crippen molar-refractivity contribution >= 4 is 11.9 Å². The lowest BCUT2D eigenvalue weighted by Gasteiger charge is -2.49. The molecule has 4 unspecified atom stereocenters. The summed E-state index contributed by atoms with van der Waals surface area (Å²) in [5.74, 6) is -0.630. The van der Waals surface area contributed by atoms with E-state index in [9.17, 15) is 14.7 Å². The molecule has 20 heavy (non-hydrogen) atoms. The Morgan fingerprint density at radius 3 is 2.50 bits per heavy atom. The van der Waals surface area contributed by atoms with Gasteiger partial charge in [0.1, 0.15) is 6.04 Å². The van der Waals surface area contributed by atoms with Crippen LogP contribution in [0.5, 0.6) is 0 Å². The van der Waals surface area contributed by atoms with E-state index in [1.54, 1.807) is 11.8 Å². The first-order chi connectivity index (χ1) is 9.38. The Balaban J connectivity index is 2.30. The quantitative estimate of drug-likeness (QED) is 0.826. The average molecular weight is 282 g/mol. The minimum atomic E-state index is -0.965. The number of hydrogen-bond acceptors (Lipinski definition) is 3. The number of rotatable bonds is 3. The summed E-state index contributed by atoms with van der Waals surface area (Å²) in [4.78, 5) is 25.9. The standard InChI is InChI=1S/C15H26N2O3/c1-3-15(2,16)14(20)17-11-7-5-4-6-10(11)8-9-12(17)13(18)19/h10-12H,3-9,16H2,1-2H3,(H,18,19). The van der Waals surface area contributed by atoms with Crippen LogP contribution in [0.4, 0.5) is 0 Å². The van der Waals surface area contributed by atoms with Crippen molar-refractivity contribution in [1.29, 1.82) is 0 Å². The van der Waals surface area contributed by atoms with E-state index in [1.165, 1.54) is 6.42 Å². The number of piperidine rings is 1. The van der Waals surface area contributed by atoms with Gasteiger partial charge in [0.2, 0.25) is 5.91 Å². The molecular weight excluding hydrogens is 256 g/mol. The van der Waals surface area contributed by atoms with Gasteiger partial charge in [-0.3, -0.25) is 4.79 Å². The van der Waals surface area contributed by atoms with E-state index < -0.39 is 17.6 Å². The summed E-state index contributed by atoms with van der Waals surface area (Å²) in [6.45, 7) is 3.58. The maximum absolute atomic E-state index is 12.8. The first kappa shape index (κ1) is 15.3. The molecule has 1 heterocycles. The first-order valence-electron chi connectivity index (χ1n) is 7.73. The summed E-state index contributed by atoms with van der Waals surface area (Å²) < 4.78 is 0. The highest BCUT2D eigenvalue weighted by Gasteiger charge is 2.47. The second-order valence-corrected chi connectivity index (χ2v) is 6.53. The van der Waals surface area contributed by atoms with Gasteiger partial charge in [0, 0.05) is 6.04 Å². The summed E-state index contributed by atoms with van der Waals surface area (Å²) in [6.07, 6.45) is 6.28. The van der Waals surface area contributed by atoms with Crippen LogP contribution in [0.15, 0.2) is 0 Å². The van der Waals surface area contributed by atoms with E-state index in [2.05, 4.69) is 0 Å². The molecule has 1 amide bonds. The third-order valence-corrected chi connectivity index (χ3v) is 5.12. The topological polar surface area (TPSA) is 83.6 Å². The molecule has 1 saturated heterocycles. The average Bonchev–Trinajstić information content (AvgIpc) is 2.45. The van der Waals surface area contributed by atoms with Crippen molar-refractivity contribution in [3.63, 3.8) is 0 Å². The molecule has 0 aromatic rings. The Labute approximate surface area is 120 Å². The summed E-state index contributed by atoms with van der Waals surface area (Å²) in [5, 5.41) is 9.45.